The normalized spacial score (nSPS) is 22.8. The molecular formula is C7H18N4O5S2. The maximum atomic E-state index is 10.6. The second-order valence-electron chi connectivity index (χ2n) is 3.85. The highest BCUT2D eigenvalue weighted by atomic mass is 32.2. The number of ether oxygens (including phenoxy) is 1. The second-order valence-corrected chi connectivity index (χ2v) is 6.95. The molecule has 0 aromatic rings. The zero-order chi connectivity index (χ0) is 13.8. The Labute approximate surface area is 107 Å². The zero-order valence-electron chi connectivity index (χ0n) is 9.86. The zero-order valence-corrected chi connectivity index (χ0v) is 11.5. The Morgan fingerprint density at radius 3 is 1.33 bits per heavy atom. The molecular weight excluding hydrogens is 284 g/mol. The minimum atomic E-state index is -3.47. The Balaban J connectivity index is 0.000000184. The third-order valence-corrected chi connectivity index (χ3v) is 4.67. The molecule has 0 aliphatic carbocycles. The van der Waals surface area contributed by atoms with Gasteiger partial charge >= 0.3 is 0 Å². The van der Waals surface area contributed by atoms with E-state index in [2.05, 4.69) is 0 Å². The van der Waals surface area contributed by atoms with E-state index >= 15 is 0 Å². The van der Waals surface area contributed by atoms with E-state index in [-0.39, 0.29) is 0 Å². The Morgan fingerprint density at radius 1 is 0.778 bits per heavy atom. The highest BCUT2D eigenvalue weighted by Crippen LogP contribution is 2.07. The number of nitrogens with zero attached hydrogens (tertiary/aromatic N) is 2. The van der Waals surface area contributed by atoms with E-state index in [4.69, 9.17) is 15.0 Å². The molecule has 2 aliphatic rings. The first-order chi connectivity index (χ1) is 8.21. The van der Waals surface area contributed by atoms with Crippen LogP contribution in [-0.4, -0.2) is 64.8 Å². The number of hydrogen-bond acceptors (Lipinski definition) is 5. The van der Waals surface area contributed by atoms with Crippen molar-refractivity contribution in [3.63, 3.8) is 0 Å². The maximum absolute atomic E-state index is 10.6. The van der Waals surface area contributed by atoms with Gasteiger partial charge in [-0.1, -0.05) is 0 Å². The van der Waals surface area contributed by atoms with E-state index in [1.807, 2.05) is 0 Å². The van der Waals surface area contributed by atoms with E-state index < -0.39 is 20.4 Å². The molecule has 0 aromatic heterocycles. The van der Waals surface area contributed by atoms with Gasteiger partial charge in [-0.25, -0.2) is 10.3 Å². The van der Waals surface area contributed by atoms with Crippen LogP contribution in [0.1, 0.15) is 6.42 Å². The molecule has 0 spiro atoms. The van der Waals surface area contributed by atoms with Crippen LogP contribution in [0.15, 0.2) is 0 Å². The molecule has 0 amide bonds. The largest absolute Gasteiger partial charge is 0.379 e. The molecule has 9 nitrogen and oxygen atoms in total. The van der Waals surface area contributed by atoms with Gasteiger partial charge in [-0.3, -0.25) is 0 Å². The van der Waals surface area contributed by atoms with Crippen LogP contribution in [0.4, 0.5) is 0 Å². The van der Waals surface area contributed by atoms with Gasteiger partial charge in [-0.15, -0.1) is 0 Å². The van der Waals surface area contributed by atoms with E-state index in [0.29, 0.717) is 39.4 Å². The number of morpholine rings is 1. The van der Waals surface area contributed by atoms with Crippen LogP contribution < -0.4 is 10.3 Å². The van der Waals surface area contributed by atoms with Gasteiger partial charge in [0, 0.05) is 26.2 Å². The quantitative estimate of drug-likeness (QED) is 0.577. The summed E-state index contributed by atoms with van der Waals surface area (Å²) in [7, 11) is -6.81. The summed E-state index contributed by atoms with van der Waals surface area (Å²) in [4.78, 5) is 0. The van der Waals surface area contributed by atoms with Crippen molar-refractivity contribution in [2.24, 2.45) is 10.3 Å². The third kappa shape index (κ3) is 5.14. The van der Waals surface area contributed by atoms with E-state index in [0.717, 1.165) is 6.42 Å². The average molecular weight is 302 g/mol. The van der Waals surface area contributed by atoms with Crippen LogP contribution in [0.3, 0.4) is 0 Å². The highest BCUT2D eigenvalue weighted by Gasteiger charge is 2.23. The molecule has 0 atom stereocenters. The molecule has 2 fully saturated rings. The summed E-state index contributed by atoms with van der Waals surface area (Å²) in [6.07, 6.45) is 0.941. The van der Waals surface area contributed by atoms with Crippen molar-refractivity contribution in [3.05, 3.63) is 0 Å². The molecule has 0 aromatic carbocycles. The summed E-state index contributed by atoms with van der Waals surface area (Å²) in [5.74, 6) is 0. The molecule has 0 bridgehead atoms. The molecule has 2 saturated heterocycles. The first-order valence-electron chi connectivity index (χ1n) is 5.35. The predicted molar refractivity (Wildman–Crippen MR) is 64.8 cm³/mol. The lowest BCUT2D eigenvalue weighted by molar-refractivity contribution is 0.0730. The van der Waals surface area contributed by atoms with Gasteiger partial charge in [0.1, 0.15) is 0 Å². The fraction of sp³-hybridized carbons (Fsp3) is 1.00. The molecule has 2 heterocycles. The lowest BCUT2D eigenvalue weighted by atomic mass is 10.3. The van der Waals surface area contributed by atoms with E-state index in [9.17, 15) is 16.8 Å². The molecule has 2 aliphatic heterocycles. The summed E-state index contributed by atoms with van der Waals surface area (Å²) in [5, 5.41) is 9.59. The van der Waals surface area contributed by atoms with E-state index in [1.165, 1.54) is 8.61 Å². The average Bonchev–Trinajstić information content (AvgIpc) is 2.13. The van der Waals surface area contributed by atoms with Crippen molar-refractivity contribution >= 4 is 20.4 Å². The van der Waals surface area contributed by atoms with Gasteiger partial charge in [0.2, 0.25) is 0 Å². The van der Waals surface area contributed by atoms with Gasteiger partial charge < -0.3 is 4.74 Å². The van der Waals surface area contributed by atoms with Crippen molar-refractivity contribution in [1.29, 1.82) is 0 Å². The third-order valence-electron chi connectivity index (χ3n) is 2.50. The summed E-state index contributed by atoms with van der Waals surface area (Å²) in [6, 6.07) is 0. The van der Waals surface area contributed by atoms with Gasteiger partial charge in [-0.2, -0.15) is 25.4 Å². The number of hydrogen-bond donors (Lipinski definition) is 2. The Bertz CT molecular complexity index is 452. The van der Waals surface area contributed by atoms with Gasteiger partial charge in [0.05, 0.1) is 13.2 Å². The highest BCUT2D eigenvalue weighted by molar-refractivity contribution is 7.87. The Kier molecular flexibility index (Phi) is 5.46. The summed E-state index contributed by atoms with van der Waals surface area (Å²) in [5.41, 5.74) is 0. The molecule has 108 valence electrons. The van der Waals surface area contributed by atoms with E-state index in [1.54, 1.807) is 0 Å². The van der Waals surface area contributed by atoms with Crippen molar-refractivity contribution < 1.29 is 21.6 Å². The van der Waals surface area contributed by atoms with Crippen LogP contribution in [0.5, 0.6) is 0 Å². The SMILES string of the molecule is NS(=O)(=O)N1CCC1.NS(=O)(=O)N1CCOCC1. The topological polar surface area (TPSA) is 136 Å². The molecule has 4 N–H and O–H groups in total. The van der Waals surface area contributed by atoms with Crippen molar-refractivity contribution in [2.75, 3.05) is 39.4 Å². The molecule has 0 saturated carbocycles. The molecule has 0 unspecified atom stereocenters. The fourth-order valence-corrected chi connectivity index (χ4v) is 2.77. The van der Waals surface area contributed by atoms with Crippen LogP contribution in [0.25, 0.3) is 0 Å². The predicted octanol–water partition coefficient (Wildman–Crippen LogP) is -2.58. The molecule has 2 rings (SSSR count). The van der Waals surface area contributed by atoms with Crippen LogP contribution in [0.2, 0.25) is 0 Å². The smallest absolute Gasteiger partial charge is 0.277 e. The molecule has 11 heteroatoms. The second kappa shape index (κ2) is 6.23. The lowest BCUT2D eigenvalue weighted by Gasteiger charge is -2.26. The Morgan fingerprint density at radius 2 is 1.17 bits per heavy atom. The van der Waals surface area contributed by atoms with Crippen LogP contribution in [0, 0.1) is 0 Å². The van der Waals surface area contributed by atoms with Gasteiger partial charge in [-0.05, 0) is 6.42 Å². The number of nitrogens with two attached hydrogens (primary N) is 2. The molecule has 18 heavy (non-hydrogen) atoms. The van der Waals surface area contributed by atoms with Crippen LogP contribution in [-0.2, 0) is 25.2 Å². The summed E-state index contributed by atoms with van der Waals surface area (Å²) >= 11 is 0. The lowest BCUT2D eigenvalue weighted by Crippen LogP contribution is -2.45. The van der Waals surface area contributed by atoms with Crippen molar-refractivity contribution in [2.45, 2.75) is 6.42 Å². The summed E-state index contributed by atoms with van der Waals surface area (Å²) < 4.78 is 49.3. The maximum Gasteiger partial charge on any atom is 0.277 e. The van der Waals surface area contributed by atoms with Gasteiger partial charge in [0.15, 0.2) is 0 Å². The number of rotatable bonds is 2. The first kappa shape index (κ1) is 15.8. The minimum absolute atomic E-state index is 0.374. The standard InChI is InChI=1S/C4H10N2O3S.C3H8N2O2S/c5-10(7,8)6-1-3-9-4-2-6;4-8(6,7)5-2-1-3-5/h1-4H2,(H2,5,7,8);1-3H2,(H2,4,6,7). The molecule has 0 radical (unpaired) electrons. The van der Waals surface area contributed by atoms with Crippen molar-refractivity contribution in [3.8, 4) is 0 Å². The van der Waals surface area contributed by atoms with Crippen molar-refractivity contribution in [1.82, 2.24) is 8.61 Å². The Hall–Kier alpha value is -0.300. The fourth-order valence-electron chi connectivity index (χ4n) is 1.34. The first-order valence-corrected chi connectivity index (χ1v) is 8.35. The summed E-state index contributed by atoms with van der Waals surface area (Å²) in [6.45, 7) is 2.82. The van der Waals surface area contributed by atoms with Crippen LogP contribution >= 0.6 is 0 Å². The minimum Gasteiger partial charge on any atom is -0.379 e. The monoisotopic (exact) mass is 302 g/mol. The van der Waals surface area contributed by atoms with Gasteiger partial charge in [0.25, 0.3) is 20.4 Å².